The van der Waals surface area contributed by atoms with Gasteiger partial charge < -0.3 is 47.2 Å². The third kappa shape index (κ3) is 11.8. The molecule has 1 fully saturated rings. The lowest BCUT2D eigenvalue weighted by Gasteiger charge is -2.29. The zero-order valence-corrected chi connectivity index (χ0v) is 23.5. The first-order valence-electron chi connectivity index (χ1n) is 13.4. The molecular weight excluding hydrogens is 528 g/mol. The molecule has 6 atom stereocenters. The van der Waals surface area contributed by atoms with Crippen molar-refractivity contribution in [2.24, 2.45) is 11.7 Å². The van der Waals surface area contributed by atoms with Crippen LogP contribution in [0.25, 0.3) is 0 Å². The third-order valence-corrected chi connectivity index (χ3v) is 6.31. The van der Waals surface area contributed by atoms with E-state index in [9.17, 15) is 39.0 Å². The molecule has 15 heteroatoms. The van der Waals surface area contributed by atoms with Crippen molar-refractivity contribution in [3.8, 4) is 0 Å². The summed E-state index contributed by atoms with van der Waals surface area (Å²) in [6.07, 6.45) is -0.676. The summed E-state index contributed by atoms with van der Waals surface area (Å²) >= 11 is 0. The molecule has 0 spiro atoms. The Labute approximate surface area is 233 Å². The van der Waals surface area contributed by atoms with Crippen molar-refractivity contribution in [1.82, 2.24) is 26.2 Å². The van der Waals surface area contributed by atoms with Crippen molar-refractivity contribution >= 4 is 35.5 Å². The number of nitrogens with zero attached hydrogens (tertiary/aromatic N) is 1. The maximum absolute atomic E-state index is 13.2. The minimum Gasteiger partial charge on any atom is -0.480 e. The van der Waals surface area contributed by atoms with Crippen molar-refractivity contribution in [3.63, 3.8) is 0 Å². The number of amides is 5. The van der Waals surface area contributed by atoms with Crippen LogP contribution in [0.2, 0.25) is 0 Å². The lowest BCUT2D eigenvalue weighted by atomic mass is 10.0. The Balaban J connectivity index is 2.93. The van der Waals surface area contributed by atoms with E-state index in [2.05, 4.69) is 21.3 Å². The Bertz CT molecular complexity index is 911. The van der Waals surface area contributed by atoms with Gasteiger partial charge in [0.25, 0.3) is 0 Å². The zero-order chi connectivity index (χ0) is 30.6. The number of carbonyl (C=O) groups excluding carboxylic acids is 5. The molecule has 1 rings (SSSR count). The number of hydrogen-bond donors (Lipinski definition) is 8. The average molecular weight is 573 g/mol. The number of rotatable bonds is 16. The fourth-order valence-corrected chi connectivity index (χ4v) is 4.24. The first kappa shape index (κ1) is 34.7. The van der Waals surface area contributed by atoms with Crippen molar-refractivity contribution in [2.75, 3.05) is 19.6 Å². The quantitative estimate of drug-likeness (QED) is 0.0943. The highest BCUT2D eigenvalue weighted by molar-refractivity contribution is 5.96. The lowest BCUT2D eigenvalue weighted by Crippen LogP contribution is -2.59. The summed E-state index contributed by atoms with van der Waals surface area (Å²) in [7, 11) is 0. The van der Waals surface area contributed by atoms with Crippen LogP contribution >= 0.6 is 0 Å². The standard InChI is InChI=1S/C25H44N6O9/c1-13(2)10-16(26)25(40)31-9-5-6-18(31)23(38)29-17(8-7-14(3)32)22(37)30-21(15(4)33)24(39)28-11-19(34)27-12-20(35)36/h13-18,21,32-33H,5-12,26H2,1-4H3,(H,27,34)(H,28,39)(H,29,38)(H,30,37)(H,35,36)/t14?,15-,16+,17+,18+,21+/m1/s1. The first-order valence-corrected chi connectivity index (χ1v) is 13.4. The Kier molecular flexibility index (Phi) is 14.5. The van der Waals surface area contributed by atoms with Crippen molar-refractivity contribution in [1.29, 1.82) is 0 Å². The highest BCUT2D eigenvalue weighted by atomic mass is 16.4. The van der Waals surface area contributed by atoms with Crippen LogP contribution in [0.1, 0.15) is 59.8 Å². The van der Waals surface area contributed by atoms with Gasteiger partial charge in [-0.25, -0.2) is 0 Å². The fraction of sp³-hybridized carbons (Fsp3) is 0.760. The van der Waals surface area contributed by atoms with E-state index in [0.29, 0.717) is 25.8 Å². The number of nitrogens with one attached hydrogen (secondary N) is 4. The highest BCUT2D eigenvalue weighted by Crippen LogP contribution is 2.20. The molecule has 40 heavy (non-hydrogen) atoms. The monoisotopic (exact) mass is 572 g/mol. The van der Waals surface area contributed by atoms with E-state index >= 15 is 0 Å². The largest absolute Gasteiger partial charge is 0.480 e. The number of aliphatic hydroxyl groups excluding tert-OH is 2. The van der Waals surface area contributed by atoms with Crippen LogP contribution in [-0.2, 0) is 28.8 Å². The van der Waals surface area contributed by atoms with Crippen molar-refractivity contribution < 1.29 is 44.1 Å². The lowest BCUT2D eigenvalue weighted by molar-refractivity contribution is -0.141. The van der Waals surface area contributed by atoms with Gasteiger partial charge in [-0.15, -0.1) is 0 Å². The van der Waals surface area contributed by atoms with E-state index in [-0.39, 0.29) is 24.7 Å². The SMILES string of the molecule is CC(C)C[C@H](N)C(=O)N1CCC[C@H]1C(=O)N[C@@H](CCC(C)O)C(=O)N[C@H](C(=O)NCC(=O)NCC(=O)O)[C@@H](C)O. The molecule has 0 bridgehead atoms. The second kappa shape index (κ2) is 16.7. The summed E-state index contributed by atoms with van der Waals surface area (Å²) in [5.41, 5.74) is 6.05. The number of hydrogen-bond acceptors (Lipinski definition) is 9. The molecule has 0 aliphatic carbocycles. The molecule has 9 N–H and O–H groups in total. The molecule has 1 saturated heterocycles. The van der Waals surface area contributed by atoms with Gasteiger partial charge in [-0.1, -0.05) is 13.8 Å². The molecule has 0 aromatic carbocycles. The van der Waals surface area contributed by atoms with Gasteiger partial charge in [-0.2, -0.15) is 0 Å². The van der Waals surface area contributed by atoms with Crippen LogP contribution in [0.4, 0.5) is 0 Å². The highest BCUT2D eigenvalue weighted by Gasteiger charge is 2.38. The Hall–Kier alpha value is -3.30. The minimum absolute atomic E-state index is 0.00544. The molecule has 0 aromatic heterocycles. The summed E-state index contributed by atoms with van der Waals surface area (Å²) in [6, 6.07) is -4.33. The maximum atomic E-state index is 13.2. The molecule has 1 unspecified atom stereocenters. The van der Waals surface area contributed by atoms with Gasteiger partial charge >= 0.3 is 5.97 Å². The number of aliphatic carboxylic acids is 1. The number of nitrogens with two attached hydrogens (primary N) is 1. The number of carboxylic acids is 1. The summed E-state index contributed by atoms with van der Waals surface area (Å²) in [4.78, 5) is 75.5. The Morgan fingerprint density at radius 3 is 2.12 bits per heavy atom. The average Bonchev–Trinajstić information content (AvgIpc) is 3.35. The zero-order valence-electron chi connectivity index (χ0n) is 23.5. The molecule has 1 aliphatic heterocycles. The summed E-state index contributed by atoms with van der Waals surface area (Å²) in [5, 5.41) is 37.7. The molecule has 0 radical (unpaired) electrons. The molecule has 15 nitrogen and oxygen atoms in total. The Morgan fingerprint density at radius 1 is 0.925 bits per heavy atom. The fourth-order valence-electron chi connectivity index (χ4n) is 4.24. The minimum atomic E-state index is -1.51. The van der Waals surface area contributed by atoms with E-state index in [1.54, 1.807) is 0 Å². The van der Waals surface area contributed by atoms with Crippen LogP contribution in [0.3, 0.4) is 0 Å². The van der Waals surface area contributed by atoms with Crippen LogP contribution in [0.15, 0.2) is 0 Å². The van der Waals surface area contributed by atoms with E-state index in [0.717, 1.165) is 0 Å². The van der Waals surface area contributed by atoms with Gasteiger partial charge in [0.1, 0.15) is 24.7 Å². The molecule has 1 aliphatic rings. The van der Waals surface area contributed by atoms with Crippen LogP contribution in [-0.4, -0.2) is 112 Å². The predicted molar refractivity (Wildman–Crippen MR) is 142 cm³/mol. The van der Waals surface area contributed by atoms with E-state index < -0.39 is 79.1 Å². The number of carbonyl (C=O) groups is 6. The molecule has 1 heterocycles. The summed E-state index contributed by atoms with van der Waals surface area (Å²) in [5.74, 6) is -4.56. The van der Waals surface area contributed by atoms with E-state index in [1.807, 2.05) is 13.8 Å². The van der Waals surface area contributed by atoms with E-state index in [4.69, 9.17) is 10.8 Å². The van der Waals surface area contributed by atoms with Crippen molar-refractivity contribution in [2.45, 2.75) is 96.2 Å². The number of aliphatic hydroxyl groups is 2. The first-order chi connectivity index (χ1) is 18.6. The third-order valence-electron chi connectivity index (χ3n) is 6.31. The smallest absolute Gasteiger partial charge is 0.322 e. The van der Waals surface area contributed by atoms with E-state index in [1.165, 1.54) is 18.7 Å². The number of likely N-dealkylation sites (tertiary alicyclic amines) is 1. The van der Waals surface area contributed by atoms with Crippen LogP contribution in [0, 0.1) is 5.92 Å². The van der Waals surface area contributed by atoms with Crippen LogP contribution < -0.4 is 27.0 Å². The van der Waals surface area contributed by atoms with Crippen LogP contribution in [0.5, 0.6) is 0 Å². The van der Waals surface area contributed by atoms with Gasteiger partial charge in [-0.05, 0) is 51.9 Å². The molecule has 228 valence electrons. The number of carboxylic acid groups (broad SMARTS) is 1. The molecule has 0 aromatic rings. The topological polar surface area (TPSA) is 240 Å². The maximum Gasteiger partial charge on any atom is 0.322 e. The summed E-state index contributed by atoms with van der Waals surface area (Å²) in [6.45, 7) is 5.70. The van der Waals surface area contributed by atoms with Crippen molar-refractivity contribution in [3.05, 3.63) is 0 Å². The van der Waals surface area contributed by atoms with Gasteiger partial charge in [0.2, 0.25) is 29.5 Å². The predicted octanol–water partition coefficient (Wildman–Crippen LogP) is -2.82. The van der Waals surface area contributed by atoms with Gasteiger partial charge in [0, 0.05) is 6.54 Å². The molecule has 0 saturated carbocycles. The van der Waals surface area contributed by atoms with Gasteiger partial charge in [-0.3, -0.25) is 28.8 Å². The van der Waals surface area contributed by atoms with Gasteiger partial charge in [0.15, 0.2) is 0 Å². The molecular formula is C25H44N6O9. The second-order valence-electron chi connectivity index (χ2n) is 10.5. The normalized spacial score (nSPS) is 18.7. The second-order valence-corrected chi connectivity index (χ2v) is 10.5. The molecule has 5 amide bonds. The van der Waals surface area contributed by atoms with Gasteiger partial charge in [0.05, 0.1) is 24.8 Å². The Morgan fingerprint density at radius 2 is 1.57 bits per heavy atom. The summed E-state index contributed by atoms with van der Waals surface area (Å²) < 4.78 is 0.